The normalized spacial score (nSPS) is 20.2. The third-order valence-electron chi connectivity index (χ3n) is 4.51. The molecule has 2 atom stereocenters. The van der Waals surface area contributed by atoms with Gasteiger partial charge in [-0.1, -0.05) is 6.92 Å². The molecule has 24 heavy (non-hydrogen) atoms. The molecule has 1 aliphatic rings. The number of hydrogen-bond acceptors (Lipinski definition) is 6. The first-order valence-corrected chi connectivity index (χ1v) is 9.14. The van der Waals surface area contributed by atoms with Gasteiger partial charge in [-0.15, -0.1) is 0 Å². The molecular weight excluding hydrogens is 336 g/mol. The van der Waals surface area contributed by atoms with Crippen LogP contribution < -0.4 is 0 Å². The first-order valence-electron chi connectivity index (χ1n) is 7.33. The Morgan fingerprint density at radius 1 is 1.12 bits per heavy atom. The molecule has 0 fully saturated rings. The largest absolute Gasteiger partial charge is 0.479 e. The molecule has 0 spiro atoms. The maximum atomic E-state index is 12.4. The molecule has 0 aromatic heterocycles. The zero-order chi connectivity index (χ0) is 19.0. The van der Waals surface area contributed by atoms with Gasteiger partial charge in [-0.3, -0.25) is 13.8 Å². The molecule has 0 saturated heterocycles. The first-order chi connectivity index (χ1) is 10.7. The second-order valence-corrected chi connectivity index (χ2v) is 7.89. The van der Waals surface area contributed by atoms with E-state index in [0.29, 0.717) is 11.1 Å². The summed E-state index contributed by atoms with van der Waals surface area (Å²) in [6.07, 6.45) is 0.677. The number of allylic oxidation sites excluding steroid dienone is 4. The van der Waals surface area contributed by atoms with Gasteiger partial charge in [0.2, 0.25) is 0 Å². The van der Waals surface area contributed by atoms with Crippen LogP contribution >= 0.6 is 0 Å². The van der Waals surface area contributed by atoms with Crippen LogP contribution in [0.5, 0.6) is 0 Å². The van der Waals surface area contributed by atoms with Gasteiger partial charge < -0.3 is 5.11 Å². The van der Waals surface area contributed by atoms with Gasteiger partial charge in [0.25, 0.3) is 10.1 Å². The van der Waals surface area contributed by atoms with Crippen molar-refractivity contribution in [3.8, 4) is 0 Å². The number of aliphatic carboxylic acids is 1. The van der Waals surface area contributed by atoms with E-state index in [0.717, 1.165) is 13.2 Å². The van der Waals surface area contributed by atoms with Gasteiger partial charge in [-0.05, 0) is 34.1 Å². The number of hydrogen-bond donors (Lipinski definition) is 1. The number of Topliss-reactive ketones (excluding diaryl/α,β-unsaturated/α-hetero) is 2. The van der Waals surface area contributed by atoms with E-state index in [2.05, 4.69) is 0 Å². The first kappa shape index (κ1) is 20.2. The summed E-state index contributed by atoms with van der Waals surface area (Å²) >= 11 is 0. The molecule has 0 radical (unpaired) electrons. The van der Waals surface area contributed by atoms with Crippen LogP contribution in [0.4, 0.5) is 0 Å². The predicted molar refractivity (Wildman–Crippen MR) is 86.8 cm³/mol. The number of carboxylic acid groups (broad SMARTS) is 1. The maximum absolute atomic E-state index is 12.4. The zero-order valence-electron chi connectivity index (χ0n) is 14.6. The van der Waals surface area contributed by atoms with Crippen LogP contribution in [0.1, 0.15) is 41.0 Å². The van der Waals surface area contributed by atoms with E-state index < -0.39 is 27.6 Å². The number of rotatable bonds is 6. The molecular formula is C16H22O7S. The number of ketones is 2. The molecule has 1 unspecified atom stereocenters. The van der Waals surface area contributed by atoms with Crippen LogP contribution in [0.3, 0.4) is 0 Å². The van der Waals surface area contributed by atoms with Gasteiger partial charge in [-0.25, -0.2) is 4.79 Å². The molecule has 0 aromatic rings. The minimum Gasteiger partial charge on any atom is -0.479 e. The van der Waals surface area contributed by atoms with Crippen molar-refractivity contribution in [3.05, 3.63) is 22.3 Å². The molecule has 0 amide bonds. The van der Waals surface area contributed by atoms with Crippen molar-refractivity contribution in [1.29, 1.82) is 0 Å². The van der Waals surface area contributed by atoms with Gasteiger partial charge in [-0.2, -0.15) is 8.42 Å². The highest BCUT2D eigenvalue weighted by Crippen LogP contribution is 2.34. The molecule has 1 N–H and O–H groups in total. The van der Waals surface area contributed by atoms with Crippen LogP contribution in [0.25, 0.3) is 0 Å². The summed E-state index contributed by atoms with van der Waals surface area (Å²) in [7, 11) is -4.03. The Morgan fingerprint density at radius 3 is 2.00 bits per heavy atom. The minimum atomic E-state index is -4.03. The highest BCUT2D eigenvalue weighted by molar-refractivity contribution is 7.86. The minimum absolute atomic E-state index is 0.0840. The van der Waals surface area contributed by atoms with Crippen LogP contribution in [0.15, 0.2) is 22.3 Å². The van der Waals surface area contributed by atoms with Gasteiger partial charge in [0.15, 0.2) is 17.2 Å². The van der Waals surface area contributed by atoms with Crippen molar-refractivity contribution in [2.75, 3.05) is 6.26 Å². The Balaban J connectivity index is 3.26. The topological polar surface area (TPSA) is 115 Å². The Hall–Kier alpha value is -1.80. The second-order valence-electron chi connectivity index (χ2n) is 6.32. The van der Waals surface area contributed by atoms with Gasteiger partial charge >= 0.3 is 5.97 Å². The van der Waals surface area contributed by atoms with Gasteiger partial charge in [0.1, 0.15) is 0 Å². The molecule has 0 aliphatic heterocycles. The lowest BCUT2D eigenvalue weighted by atomic mass is 9.78. The predicted octanol–water partition coefficient (Wildman–Crippen LogP) is 1.64. The monoisotopic (exact) mass is 358 g/mol. The van der Waals surface area contributed by atoms with E-state index in [1.165, 1.54) is 20.8 Å². The van der Waals surface area contributed by atoms with Crippen molar-refractivity contribution in [3.63, 3.8) is 0 Å². The number of carbonyl (C=O) groups is 3. The molecule has 1 aliphatic carbocycles. The van der Waals surface area contributed by atoms with Gasteiger partial charge in [0.05, 0.1) is 6.26 Å². The fourth-order valence-corrected chi connectivity index (χ4v) is 3.41. The second kappa shape index (κ2) is 6.60. The van der Waals surface area contributed by atoms with Crippen LogP contribution in [0.2, 0.25) is 0 Å². The van der Waals surface area contributed by atoms with E-state index >= 15 is 0 Å². The van der Waals surface area contributed by atoms with E-state index in [1.807, 2.05) is 0 Å². The van der Waals surface area contributed by atoms with Gasteiger partial charge in [0, 0.05) is 28.2 Å². The Bertz CT molecular complexity index is 770. The highest BCUT2D eigenvalue weighted by Gasteiger charge is 2.45. The van der Waals surface area contributed by atoms with Crippen molar-refractivity contribution < 1.29 is 32.1 Å². The molecule has 0 aromatic carbocycles. The lowest BCUT2D eigenvalue weighted by molar-refractivity contribution is -0.157. The van der Waals surface area contributed by atoms with Crippen molar-refractivity contribution >= 4 is 27.7 Å². The van der Waals surface area contributed by atoms with Crippen molar-refractivity contribution in [1.82, 2.24) is 0 Å². The lowest BCUT2D eigenvalue weighted by Crippen LogP contribution is -2.46. The summed E-state index contributed by atoms with van der Waals surface area (Å²) in [6, 6.07) is 0. The third-order valence-corrected chi connectivity index (χ3v) is 5.16. The fraction of sp³-hybridized carbons (Fsp3) is 0.562. The Labute approximate surface area is 141 Å². The molecule has 134 valence electrons. The van der Waals surface area contributed by atoms with E-state index in [4.69, 9.17) is 4.18 Å². The molecule has 8 heteroatoms. The summed E-state index contributed by atoms with van der Waals surface area (Å²) in [4.78, 5) is 36.2. The molecule has 0 saturated carbocycles. The zero-order valence-corrected chi connectivity index (χ0v) is 15.4. The quantitative estimate of drug-likeness (QED) is 0.567. The fourth-order valence-electron chi connectivity index (χ4n) is 2.55. The number of carboxylic acids is 1. The summed E-state index contributed by atoms with van der Waals surface area (Å²) < 4.78 is 27.6. The lowest BCUT2D eigenvalue weighted by Gasteiger charge is -2.31. The summed E-state index contributed by atoms with van der Waals surface area (Å²) in [5.74, 6) is -2.92. The Morgan fingerprint density at radius 2 is 1.58 bits per heavy atom. The van der Waals surface area contributed by atoms with Crippen LogP contribution in [0, 0.1) is 5.92 Å². The molecule has 1 rings (SSSR count). The maximum Gasteiger partial charge on any atom is 0.337 e. The average Bonchev–Trinajstić information content (AvgIpc) is 2.45. The van der Waals surface area contributed by atoms with Crippen molar-refractivity contribution in [2.24, 2.45) is 5.92 Å². The summed E-state index contributed by atoms with van der Waals surface area (Å²) in [5.41, 5.74) is -0.924. The van der Waals surface area contributed by atoms with E-state index in [-0.39, 0.29) is 29.1 Å². The smallest absolute Gasteiger partial charge is 0.337 e. The van der Waals surface area contributed by atoms with Crippen LogP contribution in [-0.4, -0.2) is 42.9 Å². The highest BCUT2D eigenvalue weighted by atomic mass is 32.2. The average molecular weight is 358 g/mol. The number of carbonyl (C=O) groups excluding carboxylic acids is 2. The van der Waals surface area contributed by atoms with E-state index in [1.54, 1.807) is 6.92 Å². The molecule has 0 bridgehead atoms. The molecule has 0 heterocycles. The summed E-state index contributed by atoms with van der Waals surface area (Å²) in [5, 5.41) is 9.41. The van der Waals surface area contributed by atoms with Crippen molar-refractivity contribution in [2.45, 2.75) is 46.6 Å². The summed E-state index contributed by atoms with van der Waals surface area (Å²) in [6.45, 7) is 7.22. The Kier molecular flexibility index (Phi) is 5.57. The third kappa shape index (κ3) is 3.81. The standard InChI is InChI=1S/C16H22O7S/c1-8(16(5,15(19)20)23-24(6,21)22)7-12-11(4)13(17)9(2)10(3)14(12)18/h8H,7H2,1-6H3,(H,19,20)/t8?,16-/m1/s1. The van der Waals surface area contributed by atoms with E-state index in [9.17, 15) is 27.9 Å². The van der Waals surface area contributed by atoms with Crippen LogP contribution in [-0.2, 0) is 28.7 Å². The SMILES string of the molecule is CC1=C(C)C(=O)C(CC(C)[C@@](C)(OS(C)(=O)=O)C(=O)O)=C(C)C1=O. The molecule has 7 nitrogen and oxygen atoms in total.